The third-order valence-electron chi connectivity index (χ3n) is 4.28. The molecule has 0 spiro atoms. The summed E-state index contributed by atoms with van der Waals surface area (Å²) in [6.07, 6.45) is 3.82. The number of carbonyl (C=O) groups is 1. The van der Waals surface area contributed by atoms with E-state index in [2.05, 4.69) is 5.32 Å². The Kier molecular flexibility index (Phi) is 2.67. The number of fused-ring (bicyclic) bond motifs is 1. The van der Waals surface area contributed by atoms with Crippen molar-refractivity contribution in [1.29, 1.82) is 0 Å². The Morgan fingerprint density at radius 3 is 2.65 bits per heavy atom. The summed E-state index contributed by atoms with van der Waals surface area (Å²) < 4.78 is 11.1. The highest BCUT2D eigenvalue weighted by atomic mass is 16.7. The van der Waals surface area contributed by atoms with Crippen LogP contribution in [0.3, 0.4) is 0 Å². The Morgan fingerprint density at radius 2 is 2.06 bits per heavy atom. The van der Waals surface area contributed by atoms with Crippen molar-refractivity contribution >= 4 is 5.91 Å². The fourth-order valence-electron chi connectivity index (χ4n) is 3.41. The Balaban J connectivity index is 1.42. The number of ether oxygens (including phenoxy) is 2. The number of amides is 1. The molecule has 1 saturated heterocycles. The van der Waals surface area contributed by atoms with Gasteiger partial charge < -0.3 is 14.8 Å². The summed E-state index contributed by atoms with van der Waals surface area (Å²) >= 11 is 0. The van der Waals surface area contributed by atoms with Gasteiger partial charge in [-0.05, 0) is 38.5 Å². The van der Waals surface area contributed by atoms with Gasteiger partial charge in [-0.1, -0.05) is 6.42 Å². The summed E-state index contributed by atoms with van der Waals surface area (Å²) in [4.78, 5) is 11.9. The van der Waals surface area contributed by atoms with Gasteiger partial charge in [-0.2, -0.15) is 0 Å². The maximum atomic E-state index is 11.9. The molecule has 4 nitrogen and oxygen atoms in total. The van der Waals surface area contributed by atoms with E-state index in [4.69, 9.17) is 9.47 Å². The van der Waals surface area contributed by atoms with E-state index in [-0.39, 0.29) is 12.0 Å². The topological polar surface area (TPSA) is 47.6 Å². The van der Waals surface area contributed by atoms with Crippen LogP contribution in [-0.2, 0) is 14.3 Å². The van der Waals surface area contributed by atoms with Crippen molar-refractivity contribution in [1.82, 2.24) is 5.32 Å². The fraction of sp³-hybridized carbons (Fsp3) is 0.923. The summed E-state index contributed by atoms with van der Waals surface area (Å²) in [5.41, 5.74) is 0. The lowest BCUT2D eigenvalue weighted by Gasteiger charge is -2.17. The molecule has 3 fully saturated rings. The molecule has 1 heterocycles. The van der Waals surface area contributed by atoms with Crippen LogP contribution in [0.1, 0.15) is 33.1 Å². The van der Waals surface area contributed by atoms with Crippen LogP contribution >= 0.6 is 0 Å². The number of nitrogens with one attached hydrogen (secondary N) is 1. The van der Waals surface area contributed by atoms with E-state index in [9.17, 15) is 4.79 Å². The first-order valence-electron chi connectivity index (χ1n) is 6.66. The lowest BCUT2D eigenvalue weighted by Crippen LogP contribution is -2.36. The van der Waals surface area contributed by atoms with Crippen molar-refractivity contribution in [3.8, 4) is 0 Å². The second-order valence-electron chi connectivity index (χ2n) is 5.98. The Hall–Kier alpha value is -0.610. The van der Waals surface area contributed by atoms with E-state index in [1.807, 2.05) is 13.8 Å². The highest BCUT2D eigenvalue weighted by Gasteiger charge is 2.56. The summed E-state index contributed by atoms with van der Waals surface area (Å²) in [7, 11) is 0. The van der Waals surface area contributed by atoms with Gasteiger partial charge in [-0.3, -0.25) is 4.79 Å². The molecule has 1 N–H and O–H groups in total. The summed E-state index contributed by atoms with van der Waals surface area (Å²) in [5.74, 6) is 1.41. The van der Waals surface area contributed by atoms with Crippen LogP contribution in [0.4, 0.5) is 0 Å². The van der Waals surface area contributed by atoms with Crippen LogP contribution in [0.25, 0.3) is 0 Å². The van der Waals surface area contributed by atoms with Gasteiger partial charge in [0.05, 0.1) is 6.61 Å². The lowest BCUT2D eigenvalue weighted by molar-refractivity contribution is -0.139. The molecule has 1 aliphatic heterocycles. The molecule has 4 heteroatoms. The zero-order chi connectivity index (χ0) is 12.0. The third kappa shape index (κ3) is 2.20. The van der Waals surface area contributed by atoms with E-state index in [0.29, 0.717) is 30.9 Å². The van der Waals surface area contributed by atoms with Gasteiger partial charge in [0.1, 0.15) is 6.10 Å². The van der Waals surface area contributed by atoms with Crippen molar-refractivity contribution in [2.75, 3.05) is 13.2 Å². The molecule has 0 radical (unpaired) electrons. The molecule has 0 bridgehead atoms. The van der Waals surface area contributed by atoms with Crippen LogP contribution in [0.5, 0.6) is 0 Å². The van der Waals surface area contributed by atoms with Gasteiger partial charge in [0.25, 0.3) is 0 Å². The highest BCUT2D eigenvalue weighted by Crippen LogP contribution is 2.57. The molecule has 3 rings (SSSR count). The average molecular weight is 239 g/mol. The molecule has 96 valence electrons. The molecule has 3 atom stereocenters. The van der Waals surface area contributed by atoms with Crippen LogP contribution < -0.4 is 5.32 Å². The first-order valence-corrected chi connectivity index (χ1v) is 6.66. The molecule has 1 amide bonds. The minimum atomic E-state index is -0.495. The van der Waals surface area contributed by atoms with Crippen molar-refractivity contribution in [2.45, 2.75) is 45.0 Å². The number of hydrogen-bond acceptors (Lipinski definition) is 3. The zero-order valence-electron chi connectivity index (χ0n) is 10.6. The second kappa shape index (κ2) is 3.95. The molecular formula is C13H21NO3. The molecule has 2 saturated carbocycles. The number of hydrogen-bond donors (Lipinski definition) is 1. The van der Waals surface area contributed by atoms with Crippen molar-refractivity contribution in [3.63, 3.8) is 0 Å². The second-order valence-corrected chi connectivity index (χ2v) is 5.98. The van der Waals surface area contributed by atoms with Crippen LogP contribution in [0.2, 0.25) is 0 Å². The van der Waals surface area contributed by atoms with Crippen molar-refractivity contribution in [2.24, 2.45) is 17.8 Å². The molecule has 0 aromatic carbocycles. The van der Waals surface area contributed by atoms with Gasteiger partial charge in [0, 0.05) is 12.5 Å². The van der Waals surface area contributed by atoms with Crippen LogP contribution in [0.15, 0.2) is 0 Å². The minimum Gasteiger partial charge on any atom is -0.353 e. The van der Waals surface area contributed by atoms with Gasteiger partial charge in [-0.25, -0.2) is 0 Å². The smallest absolute Gasteiger partial charge is 0.223 e. The lowest BCUT2D eigenvalue weighted by atomic mass is 10.1. The summed E-state index contributed by atoms with van der Waals surface area (Å²) in [6, 6.07) is 0. The Bertz CT molecular complexity index is 319. The predicted molar refractivity (Wildman–Crippen MR) is 62.2 cm³/mol. The average Bonchev–Trinajstić information content (AvgIpc) is 2.61. The maximum Gasteiger partial charge on any atom is 0.223 e. The highest BCUT2D eigenvalue weighted by molar-refractivity contribution is 5.82. The molecule has 2 aliphatic carbocycles. The number of rotatable bonds is 3. The maximum absolute atomic E-state index is 11.9. The van der Waals surface area contributed by atoms with Crippen molar-refractivity contribution in [3.05, 3.63) is 0 Å². The molecule has 17 heavy (non-hydrogen) atoms. The molecule has 3 aliphatic rings. The Labute approximate surface area is 102 Å². The zero-order valence-corrected chi connectivity index (χ0v) is 10.6. The van der Waals surface area contributed by atoms with Crippen LogP contribution in [0, 0.1) is 17.8 Å². The van der Waals surface area contributed by atoms with Gasteiger partial charge in [0.15, 0.2) is 5.79 Å². The molecule has 0 aromatic rings. The SMILES string of the molecule is CC1(C)OCC(CNC(=O)C2C3CCCC32)O1. The van der Waals surface area contributed by atoms with Gasteiger partial charge in [-0.15, -0.1) is 0 Å². The first-order chi connectivity index (χ1) is 8.07. The largest absolute Gasteiger partial charge is 0.353 e. The molecule has 0 aromatic heterocycles. The van der Waals surface area contributed by atoms with E-state index < -0.39 is 5.79 Å². The summed E-state index contributed by atoms with van der Waals surface area (Å²) in [5, 5.41) is 3.01. The number of carbonyl (C=O) groups excluding carboxylic acids is 1. The molecular weight excluding hydrogens is 218 g/mol. The minimum absolute atomic E-state index is 0.00698. The Morgan fingerprint density at radius 1 is 1.35 bits per heavy atom. The van der Waals surface area contributed by atoms with Gasteiger partial charge in [0.2, 0.25) is 5.91 Å². The van der Waals surface area contributed by atoms with E-state index in [0.717, 1.165) is 0 Å². The van der Waals surface area contributed by atoms with E-state index in [1.54, 1.807) is 0 Å². The van der Waals surface area contributed by atoms with Crippen molar-refractivity contribution < 1.29 is 14.3 Å². The first kappa shape index (κ1) is 11.5. The van der Waals surface area contributed by atoms with Gasteiger partial charge >= 0.3 is 0 Å². The quantitative estimate of drug-likeness (QED) is 0.807. The summed E-state index contributed by atoms with van der Waals surface area (Å²) in [6.45, 7) is 4.96. The van der Waals surface area contributed by atoms with E-state index in [1.165, 1.54) is 19.3 Å². The monoisotopic (exact) mass is 239 g/mol. The normalized spacial score (nSPS) is 42.2. The van der Waals surface area contributed by atoms with E-state index >= 15 is 0 Å². The predicted octanol–water partition coefficient (Wildman–Crippen LogP) is 1.30. The third-order valence-corrected chi connectivity index (χ3v) is 4.28. The standard InChI is InChI=1S/C13H21NO3/c1-13(2)16-7-8(17-13)6-14-12(15)11-9-4-3-5-10(9)11/h8-11H,3-7H2,1-2H3,(H,14,15). The fourth-order valence-corrected chi connectivity index (χ4v) is 3.41. The molecule has 3 unspecified atom stereocenters. The van der Waals surface area contributed by atoms with Crippen LogP contribution in [-0.4, -0.2) is 30.9 Å².